The number of phenols is 3. The number of carbonyl (C=O) groups is 1. The van der Waals surface area contributed by atoms with Gasteiger partial charge in [-0.3, -0.25) is 9.79 Å². The van der Waals surface area contributed by atoms with Crippen LogP contribution in [0.2, 0.25) is 0 Å². The second-order valence-electron chi connectivity index (χ2n) is 8.68. The van der Waals surface area contributed by atoms with Crippen LogP contribution >= 0.6 is 0 Å². The normalized spacial score (nSPS) is 11.9. The van der Waals surface area contributed by atoms with Gasteiger partial charge in [0.1, 0.15) is 39.3 Å². The first-order chi connectivity index (χ1) is 16.2. The van der Waals surface area contributed by atoms with E-state index in [4.69, 9.17) is 0 Å². The molecule has 0 saturated heterocycles. The molecule has 10 nitrogen and oxygen atoms in total. The summed E-state index contributed by atoms with van der Waals surface area (Å²) in [5.41, 5.74) is 1.06. The molecule has 1 amide bonds. The van der Waals surface area contributed by atoms with Crippen molar-refractivity contribution in [3.05, 3.63) is 29.3 Å². The third kappa shape index (κ3) is 5.89. The Hall–Kier alpha value is -3.50. The number of aromatic hydroxyl groups is 3. The predicted octanol–water partition coefficient (Wildman–Crippen LogP) is 1.95. The van der Waals surface area contributed by atoms with Crippen molar-refractivity contribution in [1.82, 2.24) is 25.1 Å². The Morgan fingerprint density at radius 3 is 2.26 bits per heavy atom. The topological polar surface area (TPSA) is 134 Å². The minimum atomic E-state index is -0.349. The van der Waals surface area contributed by atoms with Crippen molar-refractivity contribution in [2.75, 3.05) is 54.4 Å². The number of amides is 1. The fraction of sp³-hybridized carbons (Fsp3) is 0.417. The molecule has 10 heteroatoms. The molecule has 4 N–H and O–H groups in total. The first-order valence-electron chi connectivity index (χ1n) is 11.1. The Labute approximate surface area is 198 Å². The summed E-state index contributed by atoms with van der Waals surface area (Å²) in [6.07, 6.45) is 3.11. The van der Waals surface area contributed by atoms with Gasteiger partial charge in [0.05, 0.1) is 11.1 Å². The van der Waals surface area contributed by atoms with Crippen molar-refractivity contribution in [1.29, 1.82) is 0 Å². The number of nitrogens with one attached hydrogen (secondary N) is 1. The van der Waals surface area contributed by atoms with Crippen molar-refractivity contribution < 1.29 is 20.1 Å². The van der Waals surface area contributed by atoms with Crippen LogP contribution in [0.15, 0.2) is 23.2 Å². The average Bonchev–Trinajstić information content (AvgIpc) is 2.77. The van der Waals surface area contributed by atoms with E-state index in [9.17, 15) is 20.1 Å². The molecule has 0 aliphatic heterocycles. The zero-order chi connectivity index (χ0) is 24.8. The Balaban J connectivity index is 2.00. The van der Waals surface area contributed by atoms with E-state index in [2.05, 4.69) is 25.2 Å². The monoisotopic (exact) mass is 468 g/mol. The lowest BCUT2D eigenvalue weighted by molar-refractivity contribution is 0.0953. The van der Waals surface area contributed by atoms with Crippen LogP contribution in [-0.2, 0) is 0 Å². The Morgan fingerprint density at radius 1 is 0.912 bits per heavy atom. The molecule has 0 aliphatic carbocycles. The van der Waals surface area contributed by atoms with Gasteiger partial charge in [-0.25, -0.2) is 9.97 Å². The maximum Gasteiger partial charge on any atom is 0.253 e. The number of aliphatic imine (C=N–C) groups is 1. The van der Waals surface area contributed by atoms with Crippen LogP contribution in [0.5, 0.6) is 17.2 Å². The van der Waals surface area contributed by atoms with Crippen molar-refractivity contribution in [2.24, 2.45) is 4.99 Å². The number of phenolic OH excluding ortho intramolecular Hbond substituents is 3. The Morgan fingerprint density at radius 2 is 1.56 bits per heavy atom. The van der Waals surface area contributed by atoms with Gasteiger partial charge in [-0.2, -0.15) is 0 Å². The van der Waals surface area contributed by atoms with Crippen molar-refractivity contribution >= 4 is 34.2 Å². The molecule has 3 rings (SSSR count). The van der Waals surface area contributed by atoms with Gasteiger partial charge in [0.25, 0.3) is 5.91 Å². The van der Waals surface area contributed by atoms with Crippen LogP contribution < -0.4 is 5.32 Å². The van der Waals surface area contributed by atoms with E-state index in [1.54, 1.807) is 0 Å². The second kappa shape index (κ2) is 11.1. The van der Waals surface area contributed by atoms with Gasteiger partial charge >= 0.3 is 0 Å². The second-order valence-corrected chi connectivity index (χ2v) is 8.68. The van der Waals surface area contributed by atoms with Crippen LogP contribution in [0.3, 0.4) is 0 Å². The summed E-state index contributed by atoms with van der Waals surface area (Å²) in [5, 5.41) is 34.2. The van der Waals surface area contributed by atoms with Crippen LogP contribution in [-0.4, -0.2) is 102 Å². The highest BCUT2D eigenvalue weighted by Gasteiger charge is 2.19. The SMILES string of the molecule is CN(C)CCCN=Cc1c(O)cc(O)c2nc3c(C(=O)NCCCN(C)C)ccc(O)c3nc12. The van der Waals surface area contributed by atoms with E-state index in [0.29, 0.717) is 13.1 Å². The maximum atomic E-state index is 12.8. The fourth-order valence-electron chi connectivity index (χ4n) is 3.52. The number of rotatable bonds is 10. The van der Waals surface area contributed by atoms with Gasteiger partial charge in [0.2, 0.25) is 0 Å². The quantitative estimate of drug-likeness (QED) is 0.202. The van der Waals surface area contributed by atoms with Gasteiger partial charge in [-0.15, -0.1) is 0 Å². The molecule has 34 heavy (non-hydrogen) atoms. The van der Waals surface area contributed by atoms with Crippen molar-refractivity contribution in [3.8, 4) is 17.2 Å². The van der Waals surface area contributed by atoms with Gasteiger partial charge in [0, 0.05) is 25.4 Å². The van der Waals surface area contributed by atoms with E-state index in [1.807, 2.05) is 33.1 Å². The third-order valence-corrected chi connectivity index (χ3v) is 5.27. The number of nitrogens with zero attached hydrogens (tertiary/aromatic N) is 5. The highest BCUT2D eigenvalue weighted by Crippen LogP contribution is 2.35. The average molecular weight is 469 g/mol. The van der Waals surface area contributed by atoms with Crippen LogP contribution in [0, 0.1) is 0 Å². The summed E-state index contributed by atoms with van der Waals surface area (Å²) in [6.45, 7) is 2.73. The summed E-state index contributed by atoms with van der Waals surface area (Å²) < 4.78 is 0. The number of benzene rings is 2. The molecule has 0 spiro atoms. The molecular weight excluding hydrogens is 436 g/mol. The molecule has 0 unspecified atom stereocenters. The van der Waals surface area contributed by atoms with E-state index < -0.39 is 0 Å². The molecule has 3 aromatic rings. The molecule has 1 heterocycles. The van der Waals surface area contributed by atoms with Crippen LogP contribution in [0.25, 0.3) is 22.1 Å². The number of carbonyl (C=O) groups excluding carboxylic acids is 1. The molecule has 0 fully saturated rings. The molecule has 1 aromatic heterocycles. The standard InChI is InChI=1S/C24H32N6O4/c1-29(2)11-5-9-25-14-16-18(32)13-19(33)23-21(16)28-22-17(31)8-7-15(20(22)27-23)24(34)26-10-6-12-30(3)4/h7-8,13-14,31-33H,5-6,9-12H2,1-4H3,(H,26,34). The molecule has 0 aliphatic rings. The van der Waals surface area contributed by atoms with E-state index in [-0.39, 0.29) is 56.3 Å². The van der Waals surface area contributed by atoms with Gasteiger partial charge in [-0.1, -0.05) is 0 Å². The molecule has 0 atom stereocenters. The molecular formula is C24H32N6O4. The lowest BCUT2D eigenvalue weighted by Crippen LogP contribution is -2.27. The first-order valence-corrected chi connectivity index (χ1v) is 11.1. The lowest BCUT2D eigenvalue weighted by atomic mass is 10.1. The minimum absolute atomic E-state index is 0.0979. The molecule has 0 saturated carbocycles. The van der Waals surface area contributed by atoms with E-state index in [0.717, 1.165) is 25.9 Å². The fourth-order valence-corrected chi connectivity index (χ4v) is 3.52. The Bertz CT molecular complexity index is 1210. The van der Waals surface area contributed by atoms with Gasteiger partial charge in [-0.05, 0) is 66.3 Å². The molecule has 182 valence electrons. The minimum Gasteiger partial charge on any atom is -0.507 e. The van der Waals surface area contributed by atoms with Crippen molar-refractivity contribution in [2.45, 2.75) is 12.8 Å². The van der Waals surface area contributed by atoms with E-state index >= 15 is 0 Å². The lowest BCUT2D eigenvalue weighted by Gasteiger charge is -2.12. The third-order valence-electron chi connectivity index (χ3n) is 5.27. The molecule has 2 aromatic carbocycles. The van der Waals surface area contributed by atoms with Gasteiger partial charge in [0.15, 0.2) is 0 Å². The maximum absolute atomic E-state index is 12.8. The zero-order valence-corrected chi connectivity index (χ0v) is 20.0. The number of fused-ring (bicyclic) bond motifs is 2. The summed E-state index contributed by atoms with van der Waals surface area (Å²) in [6, 6.07) is 4.03. The highest BCUT2D eigenvalue weighted by atomic mass is 16.3. The van der Waals surface area contributed by atoms with Crippen LogP contribution in [0.1, 0.15) is 28.8 Å². The van der Waals surface area contributed by atoms with Crippen LogP contribution in [0.4, 0.5) is 0 Å². The van der Waals surface area contributed by atoms with Gasteiger partial charge < -0.3 is 30.4 Å². The summed E-state index contributed by atoms with van der Waals surface area (Å²) in [4.78, 5) is 30.2. The Kier molecular flexibility index (Phi) is 8.19. The molecule has 0 radical (unpaired) electrons. The highest BCUT2D eigenvalue weighted by molar-refractivity contribution is 6.09. The first kappa shape index (κ1) is 25.1. The number of hydrogen-bond donors (Lipinski definition) is 4. The summed E-state index contributed by atoms with van der Waals surface area (Å²) in [5.74, 6) is -1.000. The van der Waals surface area contributed by atoms with E-state index in [1.165, 1.54) is 24.4 Å². The largest absolute Gasteiger partial charge is 0.507 e. The van der Waals surface area contributed by atoms with Crippen molar-refractivity contribution in [3.63, 3.8) is 0 Å². The predicted molar refractivity (Wildman–Crippen MR) is 133 cm³/mol. The molecule has 0 bridgehead atoms. The summed E-state index contributed by atoms with van der Waals surface area (Å²) >= 11 is 0. The smallest absolute Gasteiger partial charge is 0.253 e. The number of hydrogen-bond acceptors (Lipinski definition) is 9. The summed E-state index contributed by atoms with van der Waals surface area (Å²) in [7, 11) is 7.88. The zero-order valence-electron chi connectivity index (χ0n) is 20.0. The number of aromatic nitrogens is 2.